The molecule has 2 saturated heterocycles. The maximum Gasteiger partial charge on any atom is 0.0707 e. The number of ether oxygens (including phenoxy) is 1. The fraction of sp³-hybridized carbons (Fsp3) is 1.00. The van der Waals surface area contributed by atoms with Gasteiger partial charge in [0.15, 0.2) is 0 Å². The third-order valence-electron chi connectivity index (χ3n) is 6.24. The monoisotopic (exact) mass is 280 g/mol. The number of morpholine rings is 1. The lowest BCUT2D eigenvalue weighted by molar-refractivity contribution is -0.0913. The van der Waals surface area contributed by atoms with Crippen molar-refractivity contribution in [3.8, 4) is 0 Å². The Morgan fingerprint density at radius 3 is 2.05 bits per heavy atom. The molecule has 2 aliphatic heterocycles. The van der Waals surface area contributed by atoms with Crippen molar-refractivity contribution in [3.05, 3.63) is 0 Å². The van der Waals surface area contributed by atoms with Gasteiger partial charge in [0.05, 0.1) is 12.2 Å². The summed E-state index contributed by atoms with van der Waals surface area (Å²) in [6.45, 7) is 10.2. The first-order chi connectivity index (χ1) is 9.43. The van der Waals surface area contributed by atoms with E-state index in [9.17, 15) is 0 Å². The van der Waals surface area contributed by atoms with Crippen LogP contribution in [-0.2, 0) is 4.74 Å². The highest BCUT2D eigenvalue weighted by molar-refractivity contribution is 5.01. The molecule has 0 spiro atoms. The van der Waals surface area contributed by atoms with Gasteiger partial charge in [0, 0.05) is 25.2 Å². The molecule has 20 heavy (non-hydrogen) atoms. The Morgan fingerprint density at radius 1 is 1.05 bits per heavy atom. The molecule has 3 nitrogen and oxygen atoms in total. The minimum absolute atomic E-state index is 0.270. The van der Waals surface area contributed by atoms with Crippen molar-refractivity contribution < 1.29 is 4.74 Å². The maximum atomic E-state index is 6.25. The van der Waals surface area contributed by atoms with Crippen LogP contribution in [0.5, 0.6) is 0 Å². The van der Waals surface area contributed by atoms with Crippen molar-refractivity contribution in [1.82, 2.24) is 4.90 Å². The van der Waals surface area contributed by atoms with Crippen LogP contribution in [0.3, 0.4) is 0 Å². The third kappa shape index (κ3) is 2.65. The number of nitrogens with zero attached hydrogens (tertiary/aromatic N) is 1. The zero-order valence-electron chi connectivity index (χ0n) is 13.5. The van der Waals surface area contributed by atoms with Crippen molar-refractivity contribution in [1.29, 1.82) is 0 Å². The molecule has 1 aliphatic carbocycles. The van der Waals surface area contributed by atoms with Gasteiger partial charge in [0.2, 0.25) is 0 Å². The predicted molar refractivity (Wildman–Crippen MR) is 82.7 cm³/mol. The SMILES string of the molecule is CC(C)(C)C1CCC(CN)(N2CC3CCC(C2)O3)CC1. The van der Waals surface area contributed by atoms with Gasteiger partial charge in [-0.1, -0.05) is 20.8 Å². The molecule has 3 fully saturated rings. The highest BCUT2D eigenvalue weighted by Crippen LogP contribution is 2.44. The topological polar surface area (TPSA) is 38.5 Å². The van der Waals surface area contributed by atoms with Crippen LogP contribution in [0.1, 0.15) is 59.3 Å². The summed E-state index contributed by atoms with van der Waals surface area (Å²) in [6, 6.07) is 0. The number of nitrogens with two attached hydrogens (primary N) is 1. The molecule has 0 amide bonds. The molecule has 0 radical (unpaired) electrons. The summed E-state index contributed by atoms with van der Waals surface area (Å²) < 4.78 is 6.00. The third-order valence-corrected chi connectivity index (χ3v) is 6.24. The average molecular weight is 280 g/mol. The zero-order valence-corrected chi connectivity index (χ0v) is 13.5. The zero-order chi connectivity index (χ0) is 14.4. The van der Waals surface area contributed by atoms with Crippen LogP contribution in [0.4, 0.5) is 0 Å². The highest BCUT2D eigenvalue weighted by Gasteiger charge is 2.46. The molecular weight excluding hydrogens is 248 g/mol. The van der Waals surface area contributed by atoms with Crippen LogP contribution in [0.25, 0.3) is 0 Å². The normalized spacial score (nSPS) is 42.9. The number of fused-ring (bicyclic) bond motifs is 2. The predicted octanol–water partition coefficient (Wildman–Crippen LogP) is 2.78. The maximum absolute atomic E-state index is 6.25. The second kappa shape index (κ2) is 5.26. The molecule has 0 aromatic heterocycles. The van der Waals surface area contributed by atoms with Gasteiger partial charge in [-0.2, -0.15) is 0 Å². The molecule has 116 valence electrons. The smallest absolute Gasteiger partial charge is 0.0707 e. The summed E-state index contributed by atoms with van der Waals surface area (Å²) >= 11 is 0. The van der Waals surface area contributed by atoms with Gasteiger partial charge in [0.25, 0.3) is 0 Å². The molecule has 0 aromatic carbocycles. The second-order valence-electron chi connectivity index (χ2n) is 8.43. The summed E-state index contributed by atoms with van der Waals surface area (Å²) in [4.78, 5) is 2.71. The summed E-state index contributed by atoms with van der Waals surface area (Å²) in [7, 11) is 0. The number of hydrogen-bond acceptors (Lipinski definition) is 3. The van der Waals surface area contributed by atoms with E-state index < -0.39 is 0 Å². The van der Waals surface area contributed by atoms with Crippen LogP contribution >= 0.6 is 0 Å². The van der Waals surface area contributed by atoms with E-state index in [1.54, 1.807) is 0 Å². The van der Waals surface area contributed by atoms with E-state index in [1.165, 1.54) is 38.5 Å². The molecule has 2 unspecified atom stereocenters. The van der Waals surface area contributed by atoms with Crippen LogP contribution in [-0.4, -0.2) is 42.3 Å². The van der Waals surface area contributed by atoms with Gasteiger partial charge in [0.1, 0.15) is 0 Å². The number of hydrogen-bond donors (Lipinski definition) is 1. The largest absolute Gasteiger partial charge is 0.372 e. The quantitative estimate of drug-likeness (QED) is 0.845. The minimum atomic E-state index is 0.270. The summed E-state index contributed by atoms with van der Waals surface area (Å²) in [5.74, 6) is 0.861. The van der Waals surface area contributed by atoms with Gasteiger partial charge in [-0.25, -0.2) is 0 Å². The summed E-state index contributed by atoms with van der Waals surface area (Å²) in [5.41, 5.74) is 6.97. The van der Waals surface area contributed by atoms with Crippen LogP contribution in [0, 0.1) is 11.3 Å². The Balaban J connectivity index is 1.67. The van der Waals surface area contributed by atoms with Crippen molar-refractivity contribution in [2.24, 2.45) is 17.1 Å². The molecule has 3 rings (SSSR count). The first kappa shape index (κ1) is 14.8. The Morgan fingerprint density at radius 2 is 1.60 bits per heavy atom. The summed E-state index contributed by atoms with van der Waals surface area (Å²) in [6.07, 6.45) is 8.73. The number of likely N-dealkylation sites (tertiary alicyclic amines) is 1. The molecule has 2 heterocycles. The van der Waals surface area contributed by atoms with E-state index in [0.717, 1.165) is 25.6 Å². The van der Waals surface area contributed by atoms with Gasteiger partial charge in [-0.05, 0) is 49.9 Å². The average Bonchev–Trinajstić information content (AvgIpc) is 2.76. The molecule has 2 N–H and O–H groups in total. The standard InChI is InChI=1S/C17H32N2O/c1-16(2,3)13-6-8-17(12-18,9-7-13)19-10-14-4-5-15(11-19)20-14/h13-15H,4-12,18H2,1-3H3. The minimum Gasteiger partial charge on any atom is -0.372 e. The first-order valence-electron chi connectivity index (χ1n) is 8.53. The van der Waals surface area contributed by atoms with Gasteiger partial charge >= 0.3 is 0 Å². The number of rotatable bonds is 2. The van der Waals surface area contributed by atoms with E-state index in [2.05, 4.69) is 25.7 Å². The van der Waals surface area contributed by atoms with Crippen LogP contribution < -0.4 is 5.73 Å². The van der Waals surface area contributed by atoms with Gasteiger partial charge < -0.3 is 10.5 Å². The Kier molecular flexibility index (Phi) is 3.89. The molecule has 2 atom stereocenters. The Hall–Kier alpha value is -0.120. The van der Waals surface area contributed by atoms with Crippen LogP contribution in [0.15, 0.2) is 0 Å². The fourth-order valence-electron chi connectivity index (χ4n) is 4.67. The van der Waals surface area contributed by atoms with Crippen molar-refractivity contribution in [2.75, 3.05) is 19.6 Å². The lowest BCUT2D eigenvalue weighted by Crippen LogP contribution is -2.61. The van der Waals surface area contributed by atoms with E-state index in [1.807, 2.05) is 0 Å². The second-order valence-corrected chi connectivity index (χ2v) is 8.43. The van der Waals surface area contributed by atoms with Crippen molar-refractivity contribution in [3.63, 3.8) is 0 Å². The van der Waals surface area contributed by atoms with E-state index >= 15 is 0 Å². The Labute approximate surface area is 124 Å². The molecule has 3 aliphatic rings. The van der Waals surface area contributed by atoms with Crippen LogP contribution in [0.2, 0.25) is 0 Å². The van der Waals surface area contributed by atoms with Crippen molar-refractivity contribution in [2.45, 2.75) is 77.0 Å². The Bertz CT molecular complexity index is 329. The molecule has 2 bridgehead atoms. The highest BCUT2D eigenvalue weighted by atomic mass is 16.5. The lowest BCUT2D eigenvalue weighted by atomic mass is 9.66. The molecular formula is C17H32N2O. The first-order valence-corrected chi connectivity index (χ1v) is 8.53. The fourth-order valence-corrected chi connectivity index (χ4v) is 4.67. The summed E-state index contributed by atoms with van der Waals surface area (Å²) in [5, 5.41) is 0. The molecule has 3 heteroatoms. The van der Waals surface area contributed by atoms with E-state index in [-0.39, 0.29) is 5.54 Å². The van der Waals surface area contributed by atoms with Gasteiger partial charge in [-0.3, -0.25) is 4.90 Å². The molecule has 1 saturated carbocycles. The lowest BCUT2D eigenvalue weighted by Gasteiger charge is -2.51. The van der Waals surface area contributed by atoms with Crippen molar-refractivity contribution >= 4 is 0 Å². The van der Waals surface area contributed by atoms with E-state index in [4.69, 9.17) is 10.5 Å². The van der Waals surface area contributed by atoms with E-state index in [0.29, 0.717) is 17.6 Å². The molecule has 0 aromatic rings. The van der Waals surface area contributed by atoms with Gasteiger partial charge in [-0.15, -0.1) is 0 Å².